The molecule has 0 spiro atoms. The van der Waals surface area contributed by atoms with Crippen molar-refractivity contribution in [3.05, 3.63) is 41.7 Å². The molecule has 1 aromatic carbocycles. The number of aryl methyl sites for hydroxylation is 1. The highest BCUT2D eigenvalue weighted by molar-refractivity contribution is 5.74. The summed E-state index contributed by atoms with van der Waals surface area (Å²) in [5.41, 5.74) is 1.92. The summed E-state index contributed by atoms with van der Waals surface area (Å²) >= 11 is 0. The number of hydrogen-bond acceptors (Lipinski definition) is 5. The molecule has 8 nitrogen and oxygen atoms in total. The smallest absolute Gasteiger partial charge is 0.318 e. The van der Waals surface area contributed by atoms with Crippen LogP contribution in [0.2, 0.25) is 0 Å². The van der Waals surface area contributed by atoms with Gasteiger partial charge in [-0.15, -0.1) is 0 Å². The molecule has 0 saturated carbocycles. The molecule has 3 rings (SSSR count). The molecule has 1 aliphatic heterocycles. The van der Waals surface area contributed by atoms with Crippen molar-refractivity contribution in [2.45, 2.75) is 13.1 Å². The van der Waals surface area contributed by atoms with Gasteiger partial charge < -0.3 is 24.4 Å². The number of hydrogen-bond donors (Lipinski definition) is 1. The Balaban J connectivity index is 1.62. The summed E-state index contributed by atoms with van der Waals surface area (Å²) < 4.78 is 17.5. The highest BCUT2D eigenvalue weighted by Crippen LogP contribution is 2.32. The number of benzene rings is 1. The third-order valence-electron chi connectivity index (χ3n) is 3.87. The maximum atomic E-state index is 12.5. The van der Waals surface area contributed by atoms with Gasteiger partial charge in [0.1, 0.15) is 0 Å². The average Bonchev–Trinajstić information content (AvgIpc) is 3.24. The Kier molecular flexibility index (Phi) is 5.39. The van der Waals surface area contributed by atoms with E-state index in [9.17, 15) is 4.79 Å². The van der Waals surface area contributed by atoms with E-state index in [1.807, 2.05) is 31.4 Å². The van der Waals surface area contributed by atoms with Gasteiger partial charge in [0.2, 0.25) is 6.79 Å². The molecule has 0 atom stereocenters. The number of amides is 2. The predicted octanol–water partition coefficient (Wildman–Crippen LogP) is 1.51. The summed E-state index contributed by atoms with van der Waals surface area (Å²) in [6.07, 6.45) is 3.61. The van der Waals surface area contributed by atoms with E-state index in [-0.39, 0.29) is 12.8 Å². The Morgan fingerprint density at radius 1 is 1.36 bits per heavy atom. The van der Waals surface area contributed by atoms with Crippen LogP contribution in [0, 0.1) is 0 Å². The molecule has 8 heteroatoms. The van der Waals surface area contributed by atoms with Crippen LogP contribution in [0.4, 0.5) is 4.79 Å². The van der Waals surface area contributed by atoms with Gasteiger partial charge in [-0.2, -0.15) is 5.10 Å². The first-order valence-corrected chi connectivity index (χ1v) is 8.03. The first-order chi connectivity index (χ1) is 12.2. The maximum Gasteiger partial charge on any atom is 0.318 e. The molecule has 134 valence electrons. The molecule has 0 aliphatic carbocycles. The van der Waals surface area contributed by atoms with Crippen molar-refractivity contribution < 1.29 is 19.0 Å². The lowest BCUT2D eigenvalue weighted by atomic mass is 10.2. The summed E-state index contributed by atoms with van der Waals surface area (Å²) in [6, 6.07) is 5.54. The molecular weight excluding hydrogens is 324 g/mol. The highest BCUT2D eigenvalue weighted by Gasteiger charge is 2.17. The minimum absolute atomic E-state index is 0.154. The van der Waals surface area contributed by atoms with Crippen LogP contribution in [-0.2, 0) is 24.9 Å². The average molecular weight is 346 g/mol. The minimum atomic E-state index is -0.154. The van der Waals surface area contributed by atoms with Gasteiger partial charge in [-0.3, -0.25) is 4.68 Å². The molecule has 2 aromatic rings. The normalized spacial score (nSPS) is 12.2. The zero-order valence-electron chi connectivity index (χ0n) is 14.4. The second-order valence-corrected chi connectivity index (χ2v) is 5.78. The van der Waals surface area contributed by atoms with Gasteiger partial charge in [-0.05, 0) is 17.7 Å². The number of ether oxygens (including phenoxy) is 3. The Morgan fingerprint density at radius 3 is 2.96 bits per heavy atom. The standard InChI is InChI=1S/C17H22N4O4/c1-20-10-14(9-19-20)8-18-17(22)21(5-6-23-2)11-13-3-4-15-16(7-13)25-12-24-15/h3-4,7,9-10H,5-6,8,11-12H2,1-2H3,(H,18,22). The second kappa shape index (κ2) is 7.89. The zero-order chi connectivity index (χ0) is 17.6. The van der Waals surface area contributed by atoms with Crippen LogP contribution in [0.1, 0.15) is 11.1 Å². The number of nitrogens with one attached hydrogen (secondary N) is 1. The molecule has 0 unspecified atom stereocenters. The van der Waals surface area contributed by atoms with Gasteiger partial charge in [0.25, 0.3) is 0 Å². The first-order valence-electron chi connectivity index (χ1n) is 8.03. The van der Waals surface area contributed by atoms with Gasteiger partial charge in [-0.25, -0.2) is 4.79 Å². The molecule has 25 heavy (non-hydrogen) atoms. The van der Waals surface area contributed by atoms with E-state index in [0.29, 0.717) is 32.0 Å². The summed E-state index contributed by atoms with van der Waals surface area (Å²) in [7, 11) is 3.46. The predicted molar refractivity (Wildman–Crippen MR) is 90.3 cm³/mol. The van der Waals surface area contributed by atoms with E-state index in [2.05, 4.69) is 10.4 Å². The van der Waals surface area contributed by atoms with Crippen molar-refractivity contribution in [1.29, 1.82) is 0 Å². The number of fused-ring (bicyclic) bond motifs is 1. The van der Waals surface area contributed by atoms with Gasteiger partial charge in [0, 0.05) is 45.6 Å². The fraction of sp³-hybridized carbons (Fsp3) is 0.412. The molecule has 2 amide bonds. The van der Waals surface area contributed by atoms with Crippen molar-refractivity contribution in [1.82, 2.24) is 20.0 Å². The molecule has 0 saturated heterocycles. The van der Waals surface area contributed by atoms with Gasteiger partial charge in [-0.1, -0.05) is 6.07 Å². The van der Waals surface area contributed by atoms with Crippen molar-refractivity contribution in [3.8, 4) is 11.5 Å². The van der Waals surface area contributed by atoms with Gasteiger partial charge in [0.15, 0.2) is 11.5 Å². The second-order valence-electron chi connectivity index (χ2n) is 5.78. The van der Waals surface area contributed by atoms with E-state index in [0.717, 1.165) is 16.9 Å². The molecule has 1 N–H and O–H groups in total. The van der Waals surface area contributed by atoms with E-state index in [1.54, 1.807) is 22.9 Å². The van der Waals surface area contributed by atoms with E-state index in [1.165, 1.54) is 0 Å². The molecule has 2 heterocycles. The SMILES string of the molecule is COCCN(Cc1ccc2c(c1)OCO2)C(=O)NCc1cnn(C)c1. The van der Waals surface area contributed by atoms with Crippen LogP contribution in [-0.4, -0.2) is 47.8 Å². The third-order valence-corrected chi connectivity index (χ3v) is 3.87. The Bertz CT molecular complexity index is 731. The van der Waals surface area contributed by atoms with Crippen LogP contribution in [0.5, 0.6) is 11.5 Å². The van der Waals surface area contributed by atoms with Crippen molar-refractivity contribution in [2.75, 3.05) is 27.1 Å². The Morgan fingerprint density at radius 2 is 2.20 bits per heavy atom. The number of methoxy groups -OCH3 is 1. The first kappa shape index (κ1) is 17.1. The van der Waals surface area contributed by atoms with E-state index < -0.39 is 0 Å². The number of aromatic nitrogens is 2. The molecular formula is C17H22N4O4. The highest BCUT2D eigenvalue weighted by atomic mass is 16.7. The monoisotopic (exact) mass is 346 g/mol. The fourth-order valence-electron chi connectivity index (χ4n) is 2.57. The number of urea groups is 1. The van der Waals surface area contributed by atoms with Crippen LogP contribution in [0.3, 0.4) is 0 Å². The van der Waals surface area contributed by atoms with Crippen molar-refractivity contribution in [2.24, 2.45) is 7.05 Å². The molecule has 0 fully saturated rings. The lowest BCUT2D eigenvalue weighted by Gasteiger charge is -2.23. The van der Waals surface area contributed by atoms with Crippen LogP contribution in [0.25, 0.3) is 0 Å². The van der Waals surface area contributed by atoms with Crippen molar-refractivity contribution in [3.63, 3.8) is 0 Å². The number of carbonyl (C=O) groups is 1. The fourth-order valence-corrected chi connectivity index (χ4v) is 2.57. The number of carbonyl (C=O) groups excluding carboxylic acids is 1. The Labute approximate surface area is 146 Å². The lowest BCUT2D eigenvalue weighted by Crippen LogP contribution is -2.40. The zero-order valence-corrected chi connectivity index (χ0v) is 14.4. The maximum absolute atomic E-state index is 12.5. The summed E-state index contributed by atoms with van der Waals surface area (Å²) in [4.78, 5) is 14.2. The Hall–Kier alpha value is -2.74. The van der Waals surface area contributed by atoms with E-state index >= 15 is 0 Å². The molecule has 1 aliphatic rings. The lowest BCUT2D eigenvalue weighted by molar-refractivity contribution is 0.146. The summed E-state index contributed by atoms with van der Waals surface area (Å²) in [5.74, 6) is 1.44. The number of nitrogens with zero attached hydrogens (tertiary/aromatic N) is 3. The summed E-state index contributed by atoms with van der Waals surface area (Å²) in [5, 5.41) is 7.01. The van der Waals surface area contributed by atoms with Crippen molar-refractivity contribution >= 4 is 6.03 Å². The largest absolute Gasteiger partial charge is 0.454 e. The molecule has 0 radical (unpaired) electrons. The van der Waals surface area contributed by atoms with E-state index in [4.69, 9.17) is 14.2 Å². The van der Waals surface area contributed by atoms with Gasteiger partial charge >= 0.3 is 6.03 Å². The number of rotatable bonds is 7. The third kappa shape index (κ3) is 4.42. The quantitative estimate of drug-likeness (QED) is 0.822. The van der Waals surface area contributed by atoms with Crippen LogP contribution in [0.15, 0.2) is 30.6 Å². The molecule has 0 bridgehead atoms. The van der Waals surface area contributed by atoms with Crippen LogP contribution >= 0.6 is 0 Å². The summed E-state index contributed by atoms with van der Waals surface area (Å²) in [6.45, 7) is 2.07. The van der Waals surface area contributed by atoms with Gasteiger partial charge in [0.05, 0.1) is 12.8 Å². The van der Waals surface area contributed by atoms with Crippen LogP contribution < -0.4 is 14.8 Å². The topological polar surface area (TPSA) is 77.8 Å². The molecule has 1 aromatic heterocycles. The minimum Gasteiger partial charge on any atom is -0.454 e.